The van der Waals surface area contributed by atoms with E-state index in [2.05, 4.69) is 0 Å². The second-order valence-corrected chi connectivity index (χ2v) is 5.21. The van der Waals surface area contributed by atoms with Crippen LogP contribution in [0.4, 0.5) is 0 Å². The van der Waals surface area contributed by atoms with Crippen molar-refractivity contribution in [2.75, 3.05) is 0 Å². The van der Waals surface area contributed by atoms with E-state index in [1.54, 1.807) is 32.9 Å². The van der Waals surface area contributed by atoms with Gasteiger partial charge in [-0.15, -0.1) is 0 Å². The van der Waals surface area contributed by atoms with Crippen molar-refractivity contribution in [3.63, 3.8) is 0 Å². The van der Waals surface area contributed by atoms with Crippen LogP contribution in [-0.2, 0) is 14.2 Å². The van der Waals surface area contributed by atoms with Crippen molar-refractivity contribution >= 4 is 0 Å². The summed E-state index contributed by atoms with van der Waals surface area (Å²) in [5.74, 6) is 0. The summed E-state index contributed by atoms with van der Waals surface area (Å²) in [6.45, 7) is 5.19. The van der Waals surface area contributed by atoms with Gasteiger partial charge in [0.05, 0.1) is 24.4 Å². The highest BCUT2D eigenvalue weighted by Crippen LogP contribution is 2.26. The van der Waals surface area contributed by atoms with Gasteiger partial charge >= 0.3 is 0 Å². The summed E-state index contributed by atoms with van der Waals surface area (Å²) in [6, 6.07) is 0. The minimum Gasteiger partial charge on any atom is -0.388 e. The quantitative estimate of drug-likeness (QED) is 0.592. The molecule has 0 aliphatic carbocycles. The molecule has 0 amide bonds. The van der Waals surface area contributed by atoms with Crippen molar-refractivity contribution in [3.8, 4) is 0 Å². The van der Waals surface area contributed by atoms with Gasteiger partial charge in [-0.25, -0.2) is 0 Å². The molecule has 8 atom stereocenters. The molecule has 2 aliphatic heterocycles. The molecule has 0 aromatic heterocycles. The van der Waals surface area contributed by atoms with Crippen LogP contribution >= 0.6 is 0 Å². The first kappa shape index (κ1) is 14.9. The molecule has 1 fully saturated rings. The largest absolute Gasteiger partial charge is 0.388 e. The standard InChI is InChI=1S/C13H22O6/c1-6-9(14)4-5-10(18-6)19-13-11(15)7(2)17-8(3)12(13)16/h4-16H,1-3H3/t6?,7?,8?,9-,10?,11-,12+,13?/m1/s1. The van der Waals surface area contributed by atoms with Crippen molar-refractivity contribution < 1.29 is 29.5 Å². The molecule has 0 radical (unpaired) electrons. The van der Waals surface area contributed by atoms with Gasteiger partial charge in [-0.05, 0) is 26.8 Å². The maximum absolute atomic E-state index is 10.0. The third-order valence-electron chi connectivity index (χ3n) is 3.65. The monoisotopic (exact) mass is 274 g/mol. The normalized spacial score (nSPS) is 51.3. The third kappa shape index (κ3) is 3.16. The first-order valence-corrected chi connectivity index (χ1v) is 6.59. The minimum atomic E-state index is -0.926. The fourth-order valence-electron chi connectivity index (χ4n) is 2.33. The molecule has 6 nitrogen and oxygen atoms in total. The van der Waals surface area contributed by atoms with Gasteiger partial charge in [0.25, 0.3) is 0 Å². The van der Waals surface area contributed by atoms with Crippen molar-refractivity contribution in [3.05, 3.63) is 12.2 Å². The predicted octanol–water partition coefficient (Wildman–Crippen LogP) is -0.438. The molecule has 5 unspecified atom stereocenters. The molecule has 1 saturated heterocycles. The second kappa shape index (κ2) is 5.87. The molecule has 2 rings (SSSR count). The smallest absolute Gasteiger partial charge is 0.177 e. The number of aliphatic hydroxyl groups excluding tert-OH is 3. The number of hydrogen-bond donors (Lipinski definition) is 3. The van der Waals surface area contributed by atoms with Gasteiger partial charge in [-0.3, -0.25) is 0 Å². The molecular weight excluding hydrogens is 252 g/mol. The Hall–Kier alpha value is -0.500. The van der Waals surface area contributed by atoms with E-state index < -0.39 is 42.9 Å². The van der Waals surface area contributed by atoms with E-state index in [1.165, 1.54) is 0 Å². The van der Waals surface area contributed by atoms with Gasteiger partial charge < -0.3 is 29.5 Å². The Balaban J connectivity index is 2.02. The van der Waals surface area contributed by atoms with Crippen molar-refractivity contribution in [2.24, 2.45) is 0 Å². The number of hydrogen-bond acceptors (Lipinski definition) is 6. The lowest BCUT2D eigenvalue weighted by atomic mass is 9.96. The van der Waals surface area contributed by atoms with Crippen molar-refractivity contribution in [2.45, 2.75) is 69.8 Å². The third-order valence-corrected chi connectivity index (χ3v) is 3.65. The average molecular weight is 274 g/mol. The Morgan fingerprint density at radius 3 is 1.95 bits per heavy atom. The Kier molecular flexibility index (Phi) is 4.60. The lowest BCUT2D eigenvalue weighted by Crippen LogP contribution is -2.58. The molecule has 0 bridgehead atoms. The van der Waals surface area contributed by atoms with E-state index in [1.807, 2.05) is 0 Å². The summed E-state index contributed by atoms with van der Waals surface area (Å²) in [5.41, 5.74) is 0. The molecular formula is C13H22O6. The van der Waals surface area contributed by atoms with Crippen LogP contribution in [0.3, 0.4) is 0 Å². The Morgan fingerprint density at radius 1 is 0.842 bits per heavy atom. The highest BCUT2D eigenvalue weighted by molar-refractivity contribution is 5.00. The lowest BCUT2D eigenvalue weighted by molar-refractivity contribution is -0.272. The van der Waals surface area contributed by atoms with E-state index in [9.17, 15) is 15.3 Å². The van der Waals surface area contributed by atoms with E-state index >= 15 is 0 Å². The van der Waals surface area contributed by atoms with Gasteiger partial charge in [0.15, 0.2) is 6.29 Å². The molecule has 110 valence electrons. The van der Waals surface area contributed by atoms with Crippen LogP contribution in [0.25, 0.3) is 0 Å². The van der Waals surface area contributed by atoms with Gasteiger partial charge in [-0.2, -0.15) is 0 Å². The Bertz CT molecular complexity index is 319. The van der Waals surface area contributed by atoms with E-state index in [4.69, 9.17) is 14.2 Å². The first-order valence-electron chi connectivity index (χ1n) is 6.59. The summed E-state index contributed by atoms with van der Waals surface area (Å²) >= 11 is 0. The summed E-state index contributed by atoms with van der Waals surface area (Å²) < 4.78 is 16.5. The van der Waals surface area contributed by atoms with Gasteiger partial charge in [0, 0.05) is 0 Å². The van der Waals surface area contributed by atoms with Crippen molar-refractivity contribution in [1.82, 2.24) is 0 Å². The van der Waals surface area contributed by atoms with Crippen LogP contribution in [0, 0.1) is 0 Å². The molecule has 3 N–H and O–H groups in total. The van der Waals surface area contributed by atoms with Crippen LogP contribution in [0.2, 0.25) is 0 Å². The number of rotatable bonds is 2. The zero-order valence-corrected chi connectivity index (χ0v) is 11.3. The summed E-state index contributed by atoms with van der Waals surface area (Å²) in [4.78, 5) is 0. The zero-order chi connectivity index (χ0) is 14.2. The molecule has 19 heavy (non-hydrogen) atoms. The Morgan fingerprint density at radius 2 is 1.42 bits per heavy atom. The van der Waals surface area contributed by atoms with E-state index in [0.717, 1.165) is 0 Å². The fraction of sp³-hybridized carbons (Fsp3) is 0.846. The average Bonchev–Trinajstić information content (AvgIpc) is 2.36. The molecule has 0 saturated carbocycles. The molecule has 6 heteroatoms. The van der Waals surface area contributed by atoms with Crippen LogP contribution in [0.1, 0.15) is 20.8 Å². The van der Waals surface area contributed by atoms with Crippen LogP contribution in [-0.4, -0.2) is 64.3 Å². The highest BCUT2D eigenvalue weighted by Gasteiger charge is 2.43. The second-order valence-electron chi connectivity index (χ2n) is 5.21. The van der Waals surface area contributed by atoms with Crippen LogP contribution in [0.5, 0.6) is 0 Å². The number of aliphatic hydroxyl groups is 3. The minimum absolute atomic E-state index is 0.390. The van der Waals surface area contributed by atoms with E-state index in [0.29, 0.717) is 0 Å². The van der Waals surface area contributed by atoms with Gasteiger partial charge in [0.1, 0.15) is 18.3 Å². The first-order chi connectivity index (χ1) is 8.90. The lowest BCUT2D eigenvalue weighted by Gasteiger charge is -2.42. The predicted molar refractivity (Wildman–Crippen MR) is 66.4 cm³/mol. The van der Waals surface area contributed by atoms with Gasteiger partial charge in [-0.1, -0.05) is 6.08 Å². The number of ether oxygens (including phenoxy) is 3. The fourth-order valence-corrected chi connectivity index (χ4v) is 2.33. The van der Waals surface area contributed by atoms with Crippen molar-refractivity contribution in [1.29, 1.82) is 0 Å². The van der Waals surface area contributed by atoms with E-state index in [-0.39, 0.29) is 6.10 Å². The Labute approximate surface area is 112 Å². The summed E-state index contributed by atoms with van der Waals surface area (Å²) in [6.07, 6.45) is -2.05. The highest BCUT2D eigenvalue weighted by atomic mass is 16.7. The SMILES string of the molecule is CC1OC(C)[C@H](O)C(OC2C=C[C@@H](O)C(C)O2)[C@@H]1O. The van der Waals surface area contributed by atoms with Crippen LogP contribution < -0.4 is 0 Å². The molecule has 0 aromatic rings. The van der Waals surface area contributed by atoms with Gasteiger partial charge in [0.2, 0.25) is 0 Å². The van der Waals surface area contributed by atoms with Crippen LogP contribution in [0.15, 0.2) is 12.2 Å². The maximum Gasteiger partial charge on any atom is 0.177 e. The summed E-state index contributed by atoms with van der Waals surface area (Å²) in [5, 5.41) is 29.6. The molecule has 0 aromatic carbocycles. The maximum atomic E-state index is 10.0. The summed E-state index contributed by atoms with van der Waals surface area (Å²) in [7, 11) is 0. The molecule has 0 spiro atoms. The topological polar surface area (TPSA) is 88.4 Å². The zero-order valence-electron chi connectivity index (χ0n) is 11.3. The molecule has 2 aliphatic rings. The molecule has 2 heterocycles.